The first kappa shape index (κ1) is 21.5. The maximum absolute atomic E-state index is 13.4. The molecule has 2 aliphatic rings. The number of nitrogens with two attached hydrogens (primary N) is 1. The van der Waals surface area contributed by atoms with Crippen LogP contribution in [-0.4, -0.2) is 51.6 Å². The summed E-state index contributed by atoms with van der Waals surface area (Å²) in [5.74, 6) is -4.02. The number of amides is 3. The Balaban J connectivity index is 1.78. The van der Waals surface area contributed by atoms with Crippen LogP contribution < -0.4 is 10.6 Å². The Labute approximate surface area is 182 Å². The fourth-order valence-corrected chi connectivity index (χ4v) is 4.33. The summed E-state index contributed by atoms with van der Waals surface area (Å²) in [7, 11) is 0. The molecule has 2 aliphatic heterocycles. The normalized spacial score (nSPS) is 22.9. The average molecular weight is 439 g/mol. The number of hydrogen-bond donors (Lipinski definition) is 3. The highest BCUT2D eigenvalue weighted by molar-refractivity contribution is 6.23. The van der Waals surface area contributed by atoms with Crippen molar-refractivity contribution in [1.29, 1.82) is 0 Å². The molecular formula is C22H21N3O7. The zero-order valence-electron chi connectivity index (χ0n) is 17.3. The molecule has 4 N–H and O–H groups in total. The topological polar surface area (TPSA) is 150 Å². The number of hydroxylamine groups is 2. The second-order valence-electron chi connectivity index (χ2n) is 7.91. The van der Waals surface area contributed by atoms with Gasteiger partial charge in [0, 0.05) is 0 Å². The van der Waals surface area contributed by atoms with Crippen LogP contribution in [0.15, 0.2) is 36.4 Å². The van der Waals surface area contributed by atoms with Crippen LogP contribution in [0.5, 0.6) is 5.75 Å². The average Bonchev–Trinajstić information content (AvgIpc) is 3.20. The van der Waals surface area contributed by atoms with Crippen LogP contribution in [0, 0.1) is 19.8 Å². The molecule has 32 heavy (non-hydrogen) atoms. The number of carbonyl (C=O) groups is 4. The molecule has 0 aliphatic carbocycles. The summed E-state index contributed by atoms with van der Waals surface area (Å²) < 4.78 is 0. The molecule has 0 aromatic heterocycles. The van der Waals surface area contributed by atoms with Gasteiger partial charge < -0.3 is 15.9 Å². The highest BCUT2D eigenvalue weighted by Gasteiger charge is 2.60. The summed E-state index contributed by atoms with van der Waals surface area (Å²) >= 11 is 0. The standard InChI is InChI=1S/C22H21N3O7/c1-10-6-13(7-11(2)18(10)27)17-16-19(32-24(17)9-15(23)26)21(29)25(20(16)28)14-5-3-4-12(8-14)22(30)31/h3-8,16-17,19,27H,9H2,1-2H3,(H2,23,26)(H,30,31). The lowest BCUT2D eigenvalue weighted by molar-refractivity contribution is -0.175. The third-order valence-corrected chi connectivity index (χ3v) is 5.71. The van der Waals surface area contributed by atoms with Gasteiger partial charge in [-0.1, -0.05) is 18.2 Å². The number of nitrogens with zero attached hydrogens (tertiary/aromatic N) is 2. The first-order chi connectivity index (χ1) is 15.1. The number of aromatic hydroxyl groups is 1. The van der Waals surface area contributed by atoms with Crippen LogP contribution in [0.25, 0.3) is 0 Å². The fraction of sp³-hybridized carbons (Fsp3) is 0.273. The van der Waals surface area contributed by atoms with E-state index in [2.05, 4.69) is 0 Å². The molecule has 10 heteroatoms. The van der Waals surface area contributed by atoms with Crippen molar-refractivity contribution in [2.75, 3.05) is 11.4 Å². The first-order valence-electron chi connectivity index (χ1n) is 9.83. The van der Waals surface area contributed by atoms with Crippen molar-refractivity contribution >= 4 is 29.4 Å². The van der Waals surface area contributed by atoms with Gasteiger partial charge in [-0.15, -0.1) is 0 Å². The molecule has 10 nitrogen and oxygen atoms in total. The van der Waals surface area contributed by atoms with Gasteiger partial charge in [-0.3, -0.25) is 19.2 Å². The second-order valence-corrected chi connectivity index (χ2v) is 7.91. The quantitative estimate of drug-likeness (QED) is 0.585. The summed E-state index contributed by atoms with van der Waals surface area (Å²) in [5.41, 5.74) is 7.09. The zero-order valence-corrected chi connectivity index (χ0v) is 17.3. The third-order valence-electron chi connectivity index (χ3n) is 5.71. The van der Waals surface area contributed by atoms with Crippen LogP contribution >= 0.6 is 0 Å². The van der Waals surface area contributed by atoms with Gasteiger partial charge in [0.2, 0.25) is 11.8 Å². The van der Waals surface area contributed by atoms with E-state index >= 15 is 0 Å². The molecule has 2 aromatic rings. The van der Waals surface area contributed by atoms with Crippen LogP contribution in [0.1, 0.15) is 33.1 Å². The number of aromatic carboxylic acids is 1. The largest absolute Gasteiger partial charge is 0.507 e. The van der Waals surface area contributed by atoms with E-state index in [1.165, 1.54) is 29.3 Å². The molecule has 0 saturated carbocycles. The van der Waals surface area contributed by atoms with Gasteiger partial charge in [0.05, 0.1) is 23.2 Å². The van der Waals surface area contributed by atoms with Crippen molar-refractivity contribution in [3.05, 3.63) is 58.7 Å². The van der Waals surface area contributed by atoms with E-state index in [1.54, 1.807) is 26.0 Å². The van der Waals surface area contributed by atoms with Crippen LogP contribution in [-0.2, 0) is 19.2 Å². The fourth-order valence-electron chi connectivity index (χ4n) is 4.33. The van der Waals surface area contributed by atoms with E-state index in [1.807, 2.05) is 0 Å². The minimum Gasteiger partial charge on any atom is -0.507 e. The van der Waals surface area contributed by atoms with Crippen molar-refractivity contribution < 1.29 is 34.2 Å². The van der Waals surface area contributed by atoms with Gasteiger partial charge >= 0.3 is 5.97 Å². The third kappa shape index (κ3) is 3.39. The molecule has 2 aromatic carbocycles. The molecule has 4 rings (SSSR count). The van der Waals surface area contributed by atoms with E-state index in [4.69, 9.17) is 10.6 Å². The van der Waals surface area contributed by atoms with Gasteiger partial charge in [0.1, 0.15) is 12.3 Å². The van der Waals surface area contributed by atoms with E-state index in [0.29, 0.717) is 16.7 Å². The van der Waals surface area contributed by atoms with Gasteiger partial charge in [-0.25, -0.2) is 9.69 Å². The number of anilines is 1. The highest BCUT2D eigenvalue weighted by Crippen LogP contribution is 2.46. The maximum atomic E-state index is 13.4. The summed E-state index contributed by atoms with van der Waals surface area (Å²) in [4.78, 5) is 56.1. The molecule has 3 unspecified atom stereocenters. The second kappa shape index (κ2) is 7.74. The van der Waals surface area contributed by atoms with Crippen LogP contribution in [0.4, 0.5) is 5.69 Å². The molecule has 0 bridgehead atoms. The summed E-state index contributed by atoms with van der Waals surface area (Å²) in [6.07, 6.45) is -1.20. The SMILES string of the molecule is Cc1cc(C2C3C(=O)N(c4cccc(C(=O)O)c4)C(=O)C3ON2CC(N)=O)cc(C)c1O. The number of hydrogen-bond acceptors (Lipinski definition) is 7. The summed E-state index contributed by atoms with van der Waals surface area (Å²) in [6.45, 7) is 3.05. The Bertz CT molecular complexity index is 1140. The number of phenolic OH excluding ortho intramolecular Hbond substituents is 1. The van der Waals surface area contributed by atoms with E-state index in [9.17, 15) is 29.4 Å². The van der Waals surface area contributed by atoms with Gasteiger partial charge in [-0.05, 0) is 48.7 Å². The number of fused-ring (bicyclic) bond motifs is 1. The predicted octanol–water partition coefficient (Wildman–Crippen LogP) is 1.04. The number of carboxylic acids is 1. The number of rotatable bonds is 5. The lowest BCUT2D eigenvalue weighted by atomic mass is 9.89. The molecule has 3 amide bonds. The molecule has 2 fully saturated rings. The Morgan fingerprint density at radius 1 is 1.09 bits per heavy atom. The molecular weight excluding hydrogens is 418 g/mol. The smallest absolute Gasteiger partial charge is 0.335 e. The lowest BCUT2D eigenvalue weighted by Gasteiger charge is -2.27. The number of imide groups is 1. The number of primary amides is 1. The Kier molecular flexibility index (Phi) is 5.19. The van der Waals surface area contributed by atoms with E-state index in [0.717, 1.165) is 4.90 Å². The van der Waals surface area contributed by atoms with Gasteiger partial charge in [0.25, 0.3) is 5.91 Å². The lowest BCUT2D eigenvalue weighted by Crippen LogP contribution is -2.40. The first-order valence-corrected chi connectivity index (χ1v) is 9.83. The molecule has 166 valence electrons. The molecule has 3 atom stereocenters. The van der Waals surface area contributed by atoms with Gasteiger partial charge in [0.15, 0.2) is 6.10 Å². The van der Waals surface area contributed by atoms with Crippen LogP contribution in [0.2, 0.25) is 0 Å². The minimum absolute atomic E-state index is 0.0715. The predicted molar refractivity (Wildman–Crippen MR) is 110 cm³/mol. The Morgan fingerprint density at radius 3 is 2.34 bits per heavy atom. The van der Waals surface area contributed by atoms with Crippen molar-refractivity contribution in [1.82, 2.24) is 5.06 Å². The Morgan fingerprint density at radius 2 is 1.75 bits per heavy atom. The number of carbonyl (C=O) groups excluding carboxylic acids is 3. The highest BCUT2D eigenvalue weighted by atomic mass is 16.7. The number of benzene rings is 2. The maximum Gasteiger partial charge on any atom is 0.335 e. The van der Waals surface area contributed by atoms with Crippen molar-refractivity contribution in [2.45, 2.75) is 26.0 Å². The van der Waals surface area contributed by atoms with E-state index in [-0.39, 0.29) is 23.5 Å². The number of phenols is 1. The van der Waals surface area contributed by atoms with Gasteiger partial charge in [-0.2, -0.15) is 5.06 Å². The molecule has 2 heterocycles. The van der Waals surface area contributed by atoms with E-state index < -0.39 is 41.8 Å². The van der Waals surface area contributed by atoms with Crippen molar-refractivity contribution in [3.63, 3.8) is 0 Å². The minimum atomic E-state index is -1.20. The molecule has 0 spiro atoms. The number of carboxylic acid groups (broad SMARTS) is 1. The zero-order chi connectivity index (χ0) is 23.3. The molecule has 0 radical (unpaired) electrons. The summed E-state index contributed by atoms with van der Waals surface area (Å²) in [5, 5.41) is 20.6. The van der Waals surface area contributed by atoms with Crippen molar-refractivity contribution in [3.8, 4) is 5.75 Å². The summed E-state index contributed by atoms with van der Waals surface area (Å²) in [6, 6.07) is 8.02. The van der Waals surface area contributed by atoms with Crippen LogP contribution in [0.3, 0.4) is 0 Å². The number of aryl methyl sites for hydroxylation is 2. The Hall–Kier alpha value is -3.76. The monoisotopic (exact) mass is 439 g/mol. The van der Waals surface area contributed by atoms with Crippen molar-refractivity contribution in [2.24, 2.45) is 11.7 Å². The molecule has 2 saturated heterocycles.